The van der Waals surface area contributed by atoms with Crippen LogP contribution in [0.25, 0.3) is 28.2 Å². The maximum absolute atomic E-state index is 13.7. The van der Waals surface area contributed by atoms with Crippen LogP contribution in [0, 0.1) is 5.82 Å². The molecular formula is C33H34FN7O2. The molecule has 10 heteroatoms. The van der Waals surface area contributed by atoms with Gasteiger partial charge in [0.05, 0.1) is 12.7 Å². The largest absolute Gasteiger partial charge is 0.496 e. The third-order valence-corrected chi connectivity index (χ3v) is 7.85. The lowest BCUT2D eigenvalue weighted by atomic mass is 10.0. The van der Waals surface area contributed by atoms with E-state index in [0.29, 0.717) is 11.6 Å². The van der Waals surface area contributed by atoms with Gasteiger partial charge in [-0.2, -0.15) is 0 Å². The van der Waals surface area contributed by atoms with Crippen LogP contribution in [0.2, 0.25) is 0 Å². The van der Waals surface area contributed by atoms with Crippen LogP contribution in [0.15, 0.2) is 73.1 Å². The number of nitrogens with zero attached hydrogens (tertiary/aromatic N) is 4. The second-order valence-corrected chi connectivity index (χ2v) is 10.5. The molecule has 0 spiro atoms. The highest BCUT2D eigenvalue weighted by Crippen LogP contribution is 2.34. The van der Waals surface area contributed by atoms with Crippen LogP contribution < -0.4 is 26.0 Å². The predicted octanol–water partition coefficient (Wildman–Crippen LogP) is 4.70. The molecule has 0 bridgehead atoms. The number of fused-ring (bicyclic) bond motifs is 1. The van der Waals surface area contributed by atoms with Crippen molar-refractivity contribution in [1.29, 1.82) is 0 Å². The van der Waals surface area contributed by atoms with Gasteiger partial charge in [-0.15, -0.1) is 0 Å². The molecule has 0 radical (unpaired) electrons. The van der Waals surface area contributed by atoms with Gasteiger partial charge in [0.25, 0.3) is 5.91 Å². The fraction of sp³-hybridized carbons (Fsp3) is 0.242. The Morgan fingerprint density at radius 3 is 2.58 bits per heavy atom. The average molecular weight is 580 g/mol. The highest BCUT2D eigenvalue weighted by molar-refractivity contribution is 5.97. The Kier molecular flexibility index (Phi) is 7.93. The number of rotatable bonds is 8. The standard InChI is InChI=1S/C33H34FN7O2/c1-3-22-18-24(8-10-27(22)40-15-12-36-13-16-40)32-39-29(30-31(35)37-14-17-41(30)32)23-6-4-21(5-7-23)20-38-33(42)26-19-25(34)9-11-28(26)43-2/h4-11,14,17-19,36H,3,12-13,15-16,20H2,1-2H3,(H2,35,37)(H,38,42). The van der Waals surface area contributed by atoms with Crippen molar-refractivity contribution in [3.8, 4) is 28.4 Å². The first-order valence-electron chi connectivity index (χ1n) is 14.4. The van der Waals surface area contributed by atoms with E-state index >= 15 is 0 Å². The molecule has 6 rings (SSSR count). The molecule has 3 heterocycles. The van der Waals surface area contributed by atoms with E-state index < -0.39 is 11.7 Å². The number of carbonyl (C=O) groups is 1. The molecule has 1 aliphatic rings. The summed E-state index contributed by atoms with van der Waals surface area (Å²) in [4.78, 5) is 24.6. The van der Waals surface area contributed by atoms with Gasteiger partial charge in [0, 0.05) is 61.9 Å². The van der Waals surface area contributed by atoms with Crippen LogP contribution in [-0.2, 0) is 13.0 Å². The number of aryl methyl sites for hydroxylation is 1. The third-order valence-electron chi connectivity index (χ3n) is 7.85. The number of aromatic nitrogens is 3. The molecule has 2 aromatic heterocycles. The van der Waals surface area contributed by atoms with Gasteiger partial charge in [0.1, 0.15) is 34.4 Å². The number of methoxy groups -OCH3 is 1. The number of carbonyl (C=O) groups excluding carboxylic acids is 1. The summed E-state index contributed by atoms with van der Waals surface area (Å²) in [5.74, 6) is 0.578. The van der Waals surface area contributed by atoms with Crippen LogP contribution >= 0.6 is 0 Å². The number of anilines is 2. The third kappa shape index (κ3) is 5.61. The number of ether oxygens (including phenoxy) is 1. The lowest BCUT2D eigenvalue weighted by Crippen LogP contribution is -2.43. The molecule has 1 amide bonds. The molecule has 4 N–H and O–H groups in total. The highest BCUT2D eigenvalue weighted by atomic mass is 19.1. The summed E-state index contributed by atoms with van der Waals surface area (Å²) in [5.41, 5.74) is 13.3. The minimum Gasteiger partial charge on any atom is -0.496 e. The molecule has 9 nitrogen and oxygen atoms in total. The van der Waals surface area contributed by atoms with Crippen molar-refractivity contribution < 1.29 is 13.9 Å². The summed E-state index contributed by atoms with van der Waals surface area (Å²) in [5, 5.41) is 6.26. The van der Waals surface area contributed by atoms with Gasteiger partial charge >= 0.3 is 0 Å². The molecule has 43 heavy (non-hydrogen) atoms. The number of imidazole rings is 1. The maximum Gasteiger partial charge on any atom is 0.255 e. The molecule has 1 fully saturated rings. The molecule has 0 atom stereocenters. The number of piperazine rings is 1. The van der Waals surface area contributed by atoms with Crippen LogP contribution in [0.4, 0.5) is 15.9 Å². The first-order chi connectivity index (χ1) is 21.0. The minimum absolute atomic E-state index is 0.145. The van der Waals surface area contributed by atoms with E-state index in [1.54, 1.807) is 6.20 Å². The van der Waals surface area contributed by atoms with Crippen molar-refractivity contribution in [2.24, 2.45) is 0 Å². The van der Waals surface area contributed by atoms with Crippen LogP contribution in [-0.4, -0.2) is 53.6 Å². The number of hydrogen-bond donors (Lipinski definition) is 3. The minimum atomic E-state index is -0.503. The fourth-order valence-electron chi connectivity index (χ4n) is 5.61. The molecule has 1 saturated heterocycles. The Hall–Kier alpha value is -4.96. The van der Waals surface area contributed by atoms with Crippen molar-refractivity contribution in [3.05, 3.63) is 95.6 Å². The first kappa shape index (κ1) is 28.2. The van der Waals surface area contributed by atoms with E-state index in [2.05, 4.69) is 45.6 Å². The number of nitrogen functional groups attached to an aromatic ring is 1. The first-order valence-corrected chi connectivity index (χ1v) is 14.4. The molecule has 0 unspecified atom stereocenters. The predicted molar refractivity (Wildman–Crippen MR) is 167 cm³/mol. The number of amides is 1. The topological polar surface area (TPSA) is 110 Å². The Labute approximate surface area is 249 Å². The van der Waals surface area contributed by atoms with Gasteiger partial charge in [-0.3, -0.25) is 9.20 Å². The Balaban J connectivity index is 1.28. The summed E-state index contributed by atoms with van der Waals surface area (Å²) in [6, 6.07) is 18.2. The van der Waals surface area contributed by atoms with Crippen molar-refractivity contribution in [1.82, 2.24) is 25.0 Å². The second kappa shape index (κ2) is 12.1. The Morgan fingerprint density at radius 1 is 1.07 bits per heavy atom. The molecule has 1 aliphatic heterocycles. The van der Waals surface area contributed by atoms with E-state index in [-0.39, 0.29) is 12.1 Å². The number of hydrogen-bond acceptors (Lipinski definition) is 7. The smallest absolute Gasteiger partial charge is 0.255 e. The zero-order chi connectivity index (χ0) is 29.9. The van der Waals surface area contributed by atoms with Gasteiger partial charge < -0.3 is 26.0 Å². The van der Waals surface area contributed by atoms with Gasteiger partial charge in [-0.1, -0.05) is 31.2 Å². The van der Waals surface area contributed by atoms with Gasteiger partial charge in [-0.05, 0) is 53.9 Å². The molecule has 220 valence electrons. The summed E-state index contributed by atoms with van der Waals surface area (Å²) >= 11 is 0. The van der Waals surface area contributed by atoms with Gasteiger partial charge in [0.15, 0.2) is 0 Å². The van der Waals surface area contributed by atoms with Crippen molar-refractivity contribution in [2.45, 2.75) is 19.9 Å². The van der Waals surface area contributed by atoms with Gasteiger partial charge in [-0.25, -0.2) is 14.4 Å². The molecule has 0 aliphatic carbocycles. The van der Waals surface area contributed by atoms with E-state index in [0.717, 1.165) is 66.3 Å². The number of nitrogens with one attached hydrogen (secondary N) is 2. The number of nitrogens with two attached hydrogens (primary N) is 1. The Morgan fingerprint density at radius 2 is 1.84 bits per heavy atom. The van der Waals surface area contributed by atoms with E-state index in [1.807, 2.05) is 34.9 Å². The van der Waals surface area contributed by atoms with Crippen molar-refractivity contribution >= 4 is 22.9 Å². The van der Waals surface area contributed by atoms with Crippen LogP contribution in [0.3, 0.4) is 0 Å². The van der Waals surface area contributed by atoms with Crippen molar-refractivity contribution in [3.63, 3.8) is 0 Å². The summed E-state index contributed by atoms with van der Waals surface area (Å²) in [6.45, 7) is 6.39. The number of halogens is 1. The molecule has 0 saturated carbocycles. The molecular weight excluding hydrogens is 545 g/mol. The quantitative estimate of drug-likeness (QED) is 0.245. The van der Waals surface area contributed by atoms with Crippen LogP contribution in [0.1, 0.15) is 28.4 Å². The average Bonchev–Trinajstić information content (AvgIpc) is 3.45. The fourth-order valence-corrected chi connectivity index (χ4v) is 5.61. The summed E-state index contributed by atoms with van der Waals surface area (Å²) < 4.78 is 20.9. The van der Waals surface area contributed by atoms with E-state index in [1.165, 1.54) is 36.6 Å². The zero-order valence-electron chi connectivity index (χ0n) is 24.2. The normalized spacial score (nSPS) is 13.3. The molecule has 5 aromatic rings. The van der Waals surface area contributed by atoms with E-state index in [9.17, 15) is 9.18 Å². The number of benzene rings is 3. The highest BCUT2D eigenvalue weighted by Gasteiger charge is 2.20. The lowest BCUT2D eigenvalue weighted by Gasteiger charge is -2.31. The monoisotopic (exact) mass is 579 g/mol. The summed E-state index contributed by atoms with van der Waals surface area (Å²) in [6.07, 6.45) is 4.49. The van der Waals surface area contributed by atoms with Crippen molar-refractivity contribution in [2.75, 3.05) is 43.9 Å². The zero-order valence-corrected chi connectivity index (χ0v) is 24.2. The van der Waals surface area contributed by atoms with E-state index in [4.69, 9.17) is 15.5 Å². The Bertz CT molecular complexity index is 1780. The summed E-state index contributed by atoms with van der Waals surface area (Å²) in [7, 11) is 1.45. The maximum atomic E-state index is 13.7. The molecule has 3 aromatic carbocycles. The lowest BCUT2D eigenvalue weighted by molar-refractivity contribution is 0.0947. The van der Waals surface area contributed by atoms with Crippen LogP contribution in [0.5, 0.6) is 5.75 Å². The SMILES string of the molecule is CCc1cc(-c2nc(-c3ccc(CNC(=O)c4cc(F)ccc4OC)cc3)c3c(N)nccn23)ccc1N1CCNCC1. The second-order valence-electron chi connectivity index (χ2n) is 10.5. The van der Waals surface area contributed by atoms with Gasteiger partial charge in [0.2, 0.25) is 0 Å².